The molecule has 6 aromatic heterocycles. The van der Waals surface area contributed by atoms with Crippen LogP contribution in [0.15, 0.2) is 413 Å². The maximum absolute atomic E-state index is 2.37. The fourth-order valence-corrected chi connectivity index (χ4v) is 25.2. The molecule has 0 aliphatic rings. The van der Waals surface area contributed by atoms with Crippen molar-refractivity contribution in [2.75, 3.05) is 0 Å². The molecule has 28 rings (SSSR count). The van der Waals surface area contributed by atoms with Gasteiger partial charge in [0, 0.05) is 126 Å². The molecule has 0 amide bonds. The Bertz CT molecular complexity index is 8520. The first-order chi connectivity index (χ1) is 70.5. The molecule has 6 heterocycles. The van der Waals surface area contributed by atoms with E-state index >= 15 is 0 Å². The van der Waals surface area contributed by atoms with E-state index in [9.17, 15) is 0 Å². The van der Waals surface area contributed by atoms with Crippen molar-refractivity contribution in [1.82, 2.24) is 0 Å². The Morgan fingerprint density at radius 2 is 0.296 bits per heavy atom. The fraction of sp³-hybridized carbons (Fsp3) is 0.176. The molecule has 0 spiro atoms. The summed E-state index contributed by atoms with van der Waals surface area (Å²) in [7, 11) is 0. The van der Waals surface area contributed by atoms with Crippen molar-refractivity contribution in [3.63, 3.8) is 0 Å². The minimum atomic E-state index is 1.30. The predicted molar refractivity (Wildman–Crippen MR) is 667 cm³/mol. The van der Waals surface area contributed by atoms with Crippen LogP contribution < -0.4 is 0 Å². The Hall–Kier alpha value is -13.2. The topological polar surface area (TPSA) is 0 Å². The van der Waals surface area contributed by atoms with Crippen LogP contribution in [0.25, 0.3) is 229 Å². The van der Waals surface area contributed by atoms with Gasteiger partial charge < -0.3 is 0 Å². The molecule has 0 bridgehead atoms. The summed E-state index contributed by atoms with van der Waals surface area (Å²) in [6.45, 7) is 48.0. The second kappa shape index (κ2) is 55.2. The molecule has 0 aliphatic carbocycles. The van der Waals surface area contributed by atoms with Crippen LogP contribution in [0, 0.1) is 0 Å². The molecule has 28 aromatic rings. The number of hydrogen-bond donors (Lipinski definition) is 0. The molecule has 0 nitrogen and oxygen atoms in total. The zero-order chi connectivity index (χ0) is 102. The highest BCUT2D eigenvalue weighted by Crippen LogP contribution is 2.47. The maximum atomic E-state index is 2.37. The van der Waals surface area contributed by atoms with E-state index in [0.717, 1.165) is 0 Å². The van der Waals surface area contributed by atoms with Crippen molar-refractivity contribution in [2.45, 2.75) is 166 Å². The van der Waals surface area contributed by atoms with Gasteiger partial charge in [-0.15, -0.1) is 68.0 Å². The molecule has 0 N–H and O–H groups in total. The second-order valence-electron chi connectivity index (χ2n) is 30.3. The third-order valence-electron chi connectivity index (χ3n) is 23.5. The van der Waals surface area contributed by atoms with Gasteiger partial charge in [0.1, 0.15) is 0 Å². The quantitative estimate of drug-likeness (QED) is 0.105. The summed E-state index contributed by atoms with van der Waals surface area (Å²) in [5.41, 5.74) is 0. The van der Waals surface area contributed by atoms with E-state index in [4.69, 9.17) is 0 Å². The Morgan fingerprint density at radius 1 is 0.0986 bits per heavy atom. The second-order valence-corrected chi connectivity index (χ2v) is 36.7. The largest absolute Gasteiger partial charge is 0.135 e. The summed E-state index contributed by atoms with van der Waals surface area (Å²) in [5.74, 6) is 0. The van der Waals surface area contributed by atoms with Crippen molar-refractivity contribution in [2.24, 2.45) is 0 Å². The van der Waals surface area contributed by atoms with E-state index in [1.807, 2.05) is 234 Å². The Morgan fingerprint density at radius 3 is 0.634 bits per heavy atom. The van der Waals surface area contributed by atoms with Gasteiger partial charge in [0.2, 0.25) is 0 Å². The third-order valence-corrected chi connectivity index (χ3v) is 30.6. The van der Waals surface area contributed by atoms with Gasteiger partial charge in [-0.05, 0) is 187 Å². The SMILES string of the molecule is CC.CC.CC.CC.CC.CC.CC.CC.CC.CC.CC.CC.c1ccc2c(c1)ccc1c3ccccc3sc21.c1ccc2c(c1)ccc1c3ccccc3sc21.c1ccc2c(c1)ccc1c3ccccc3sc21.c1ccc2c(c1)sc1c3ccccc3c3ccccc3c21.c1ccc2cc3c(ccc4sc5ccccc5c43)cc2c1.c1ccc2cc3cc4c(ccc5sc6ccccc6c54)cc3cc2c1. The molecular weight excluding hydrogens is 1830 g/mol. The first-order valence-corrected chi connectivity index (χ1v) is 56.9. The van der Waals surface area contributed by atoms with Gasteiger partial charge in [-0.25, -0.2) is 0 Å². The Balaban J connectivity index is 0.000000156. The Kier molecular flexibility index (Phi) is 42.5. The molecule has 0 atom stereocenters. The van der Waals surface area contributed by atoms with Crippen molar-refractivity contribution in [1.29, 1.82) is 0 Å². The number of rotatable bonds is 0. The molecule has 6 heteroatoms. The van der Waals surface area contributed by atoms with E-state index in [2.05, 4.69) is 413 Å². The summed E-state index contributed by atoms with van der Waals surface area (Å²) < 4.78 is 16.6. The van der Waals surface area contributed by atoms with Gasteiger partial charge in [0.25, 0.3) is 0 Å². The van der Waals surface area contributed by atoms with Crippen LogP contribution in [0.2, 0.25) is 0 Å². The van der Waals surface area contributed by atoms with Crippen molar-refractivity contribution in [3.05, 3.63) is 413 Å². The van der Waals surface area contributed by atoms with E-state index in [1.54, 1.807) is 0 Å². The van der Waals surface area contributed by atoms with E-state index in [0.29, 0.717) is 0 Å². The molecule has 0 fully saturated rings. The van der Waals surface area contributed by atoms with Crippen LogP contribution in [0.1, 0.15) is 166 Å². The molecule has 0 saturated carbocycles. The number of benzene rings is 22. The van der Waals surface area contributed by atoms with Crippen molar-refractivity contribution < 1.29 is 0 Å². The highest BCUT2D eigenvalue weighted by molar-refractivity contribution is 7.28. The van der Waals surface area contributed by atoms with Gasteiger partial charge >= 0.3 is 0 Å². The third kappa shape index (κ3) is 23.1. The van der Waals surface area contributed by atoms with Crippen LogP contribution in [0.3, 0.4) is 0 Å². The summed E-state index contributed by atoms with van der Waals surface area (Å²) in [4.78, 5) is 0. The lowest BCUT2D eigenvalue weighted by Gasteiger charge is -2.06. The van der Waals surface area contributed by atoms with E-state index < -0.39 is 0 Å². The lowest BCUT2D eigenvalue weighted by molar-refractivity contribution is 1.50. The van der Waals surface area contributed by atoms with Crippen LogP contribution in [-0.2, 0) is 0 Å². The van der Waals surface area contributed by atoms with Crippen molar-refractivity contribution >= 4 is 297 Å². The standard InChI is InChI=1S/C24H14S.2C20H12S.3C16H10S.12C2H6/c1-2-6-16-12-19-14-21-17(13-18(19)11-15(16)5-1)9-10-23-24(21)20-7-3-4-8-22(20)25-23;1-3-9-15-13(7-1)14-8-2-4-10-16(14)20-19(15)17-11-5-6-12-18(17)21-20;1-2-6-14-12-17-15(11-13(14)5-1)9-10-19-20(17)16-7-3-4-8-18(16)21-19;3*1-2-6-12-11(5-1)9-10-14-13-7-3-4-8-15(13)17-16(12)14;12*1-2/h1-14H;2*1-12H;3*1-10H;12*1-2H3. The van der Waals surface area contributed by atoms with Gasteiger partial charge in [0.15, 0.2) is 0 Å². The minimum Gasteiger partial charge on any atom is -0.135 e. The first kappa shape index (κ1) is 109. The maximum Gasteiger partial charge on any atom is 0.0440 e. The molecule has 0 saturated heterocycles. The Labute approximate surface area is 867 Å². The summed E-state index contributed by atoms with van der Waals surface area (Å²) in [5, 5.41) is 43.3. The highest BCUT2D eigenvalue weighted by Gasteiger charge is 2.17. The van der Waals surface area contributed by atoms with Gasteiger partial charge in [-0.3, -0.25) is 0 Å². The molecule has 0 radical (unpaired) electrons. The van der Waals surface area contributed by atoms with Crippen LogP contribution in [0.5, 0.6) is 0 Å². The number of hydrogen-bond acceptors (Lipinski definition) is 6. The average Bonchev–Trinajstić information content (AvgIpc) is 1.55. The molecular formula is C136H140S6. The lowest BCUT2D eigenvalue weighted by atomic mass is 9.97. The summed E-state index contributed by atoms with van der Waals surface area (Å²) in [6, 6.07) is 149. The number of thiophene rings is 6. The average molecular weight is 1970 g/mol. The van der Waals surface area contributed by atoms with Crippen molar-refractivity contribution in [3.8, 4) is 0 Å². The normalized spacial score (nSPS) is 10.3. The monoisotopic (exact) mass is 1960 g/mol. The summed E-state index contributed by atoms with van der Waals surface area (Å²) >= 11 is 11.3. The summed E-state index contributed by atoms with van der Waals surface area (Å²) in [6.07, 6.45) is 0. The minimum absolute atomic E-state index is 1.30. The van der Waals surface area contributed by atoms with Crippen LogP contribution in [-0.4, -0.2) is 0 Å². The van der Waals surface area contributed by atoms with E-state index in [-0.39, 0.29) is 0 Å². The zero-order valence-electron chi connectivity index (χ0n) is 87.7. The molecule has 0 aliphatic heterocycles. The van der Waals surface area contributed by atoms with E-state index in [1.165, 1.54) is 229 Å². The van der Waals surface area contributed by atoms with Crippen LogP contribution >= 0.6 is 68.0 Å². The molecule has 22 aromatic carbocycles. The smallest absolute Gasteiger partial charge is 0.0440 e. The zero-order valence-corrected chi connectivity index (χ0v) is 92.6. The molecule has 142 heavy (non-hydrogen) atoms. The fourth-order valence-electron chi connectivity index (χ4n) is 17.9. The van der Waals surface area contributed by atoms with Gasteiger partial charge in [-0.2, -0.15) is 0 Å². The van der Waals surface area contributed by atoms with Crippen LogP contribution in [0.4, 0.5) is 0 Å². The van der Waals surface area contributed by atoms with Gasteiger partial charge in [-0.1, -0.05) is 494 Å². The lowest BCUT2D eigenvalue weighted by Crippen LogP contribution is -1.79. The predicted octanol–water partition coefficient (Wildman–Crippen LogP) is 48.2. The molecule has 0 unspecified atom stereocenters. The number of fused-ring (bicyclic) bond motifs is 36. The molecule has 720 valence electrons. The first-order valence-electron chi connectivity index (χ1n) is 52.0. The highest BCUT2D eigenvalue weighted by atomic mass is 32.1. The van der Waals surface area contributed by atoms with Gasteiger partial charge in [0.05, 0.1) is 0 Å².